The first-order valence-corrected chi connectivity index (χ1v) is 6.64. The Morgan fingerprint density at radius 1 is 1.33 bits per heavy atom. The Labute approximate surface area is 110 Å². The standard InChI is InChI=1S/C13H24N4O/c1-4-5-12(10-14)16-6-8-17(9-7-16)13(18)11-15(2)3/h12H,4-9,11H2,1-3H3. The summed E-state index contributed by atoms with van der Waals surface area (Å²) >= 11 is 0. The molecule has 0 radical (unpaired) electrons. The number of nitriles is 1. The van der Waals surface area contributed by atoms with Crippen LogP contribution in [0.25, 0.3) is 0 Å². The van der Waals surface area contributed by atoms with Crippen LogP contribution in [-0.4, -0.2) is 73.5 Å². The van der Waals surface area contributed by atoms with E-state index in [1.165, 1.54) is 0 Å². The lowest BCUT2D eigenvalue weighted by Gasteiger charge is -2.37. The Kier molecular flexibility index (Phi) is 6.10. The molecule has 5 nitrogen and oxygen atoms in total. The van der Waals surface area contributed by atoms with Crippen LogP contribution in [-0.2, 0) is 4.79 Å². The lowest BCUT2D eigenvalue weighted by molar-refractivity contribution is -0.133. The molecule has 1 rings (SSSR count). The topological polar surface area (TPSA) is 50.6 Å². The molecule has 0 spiro atoms. The Hall–Kier alpha value is -1.12. The molecule has 1 heterocycles. The average molecular weight is 252 g/mol. The van der Waals surface area contributed by atoms with Crippen molar-refractivity contribution >= 4 is 5.91 Å². The predicted octanol–water partition coefficient (Wildman–Crippen LogP) is 0.384. The molecule has 18 heavy (non-hydrogen) atoms. The monoisotopic (exact) mass is 252 g/mol. The van der Waals surface area contributed by atoms with Gasteiger partial charge in [0.25, 0.3) is 0 Å². The van der Waals surface area contributed by atoms with Crippen molar-refractivity contribution in [1.82, 2.24) is 14.7 Å². The third-order valence-corrected chi connectivity index (χ3v) is 3.27. The quantitative estimate of drug-likeness (QED) is 0.710. The summed E-state index contributed by atoms with van der Waals surface area (Å²) in [6.45, 7) is 5.69. The molecule has 1 saturated heterocycles. The van der Waals surface area contributed by atoms with Crippen molar-refractivity contribution in [2.75, 3.05) is 46.8 Å². The van der Waals surface area contributed by atoms with Gasteiger partial charge in [-0.25, -0.2) is 0 Å². The van der Waals surface area contributed by atoms with E-state index in [0.717, 1.165) is 39.0 Å². The number of piperazine rings is 1. The van der Waals surface area contributed by atoms with E-state index in [0.29, 0.717) is 6.54 Å². The van der Waals surface area contributed by atoms with Gasteiger partial charge in [-0.1, -0.05) is 13.3 Å². The molecule has 0 aromatic rings. The lowest BCUT2D eigenvalue weighted by atomic mass is 10.1. The highest BCUT2D eigenvalue weighted by molar-refractivity contribution is 5.78. The molecule has 0 aromatic heterocycles. The fourth-order valence-corrected chi connectivity index (χ4v) is 2.26. The van der Waals surface area contributed by atoms with Crippen molar-refractivity contribution in [3.05, 3.63) is 0 Å². The van der Waals surface area contributed by atoms with Crippen LogP contribution >= 0.6 is 0 Å². The summed E-state index contributed by atoms with van der Waals surface area (Å²) in [6.07, 6.45) is 1.94. The second-order valence-corrected chi connectivity index (χ2v) is 5.09. The van der Waals surface area contributed by atoms with E-state index in [-0.39, 0.29) is 11.9 Å². The Bertz CT molecular complexity index is 303. The molecule has 1 atom stereocenters. The van der Waals surface area contributed by atoms with Crippen LogP contribution in [0, 0.1) is 11.3 Å². The zero-order chi connectivity index (χ0) is 13.5. The van der Waals surface area contributed by atoms with E-state index in [1.807, 2.05) is 23.9 Å². The van der Waals surface area contributed by atoms with Crippen molar-refractivity contribution in [3.63, 3.8) is 0 Å². The van der Waals surface area contributed by atoms with Gasteiger partial charge >= 0.3 is 0 Å². The van der Waals surface area contributed by atoms with Crippen LogP contribution in [0.15, 0.2) is 0 Å². The highest BCUT2D eigenvalue weighted by Crippen LogP contribution is 2.10. The number of amides is 1. The van der Waals surface area contributed by atoms with Gasteiger partial charge in [0.15, 0.2) is 0 Å². The van der Waals surface area contributed by atoms with Gasteiger partial charge in [-0.15, -0.1) is 0 Å². The van der Waals surface area contributed by atoms with Crippen molar-refractivity contribution in [1.29, 1.82) is 5.26 Å². The maximum absolute atomic E-state index is 11.9. The van der Waals surface area contributed by atoms with Crippen molar-refractivity contribution in [3.8, 4) is 6.07 Å². The third kappa shape index (κ3) is 4.28. The first-order valence-electron chi connectivity index (χ1n) is 6.64. The second kappa shape index (κ2) is 7.34. The molecule has 0 N–H and O–H groups in total. The first kappa shape index (κ1) is 14.9. The zero-order valence-corrected chi connectivity index (χ0v) is 11.7. The van der Waals surface area contributed by atoms with E-state index in [2.05, 4.69) is 17.9 Å². The van der Waals surface area contributed by atoms with E-state index in [1.54, 1.807) is 0 Å². The van der Waals surface area contributed by atoms with Crippen molar-refractivity contribution < 1.29 is 4.79 Å². The largest absolute Gasteiger partial charge is 0.339 e. The zero-order valence-electron chi connectivity index (χ0n) is 11.7. The summed E-state index contributed by atoms with van der Waals surface area (Å²) in [6, 6.07) is 2.38. The molecule has 0 aliphatic carbocycles. The van der Waals surface area contributed by atoms with Gasteiger partial charge in [0.05, 0.1) is 18.7 Å². The Morgan fingerprint density at radius 3 is 2.39 bits per heavy atom. The van der Waals surface area contributed by atoms with Crippen molar-refractivity contribution in [2.24, 2.45) is 0 Å². The molecule has 0 aromatic carbocycles. The number of likely N-dealkylation sites (N-methyl/N-ethyl adjacent to an activating group) is 1. The van der Waals surface area contributed by atoms with Gasteiger partial charge < -0.3 is 9.80 Å². The Balaban J connectivity index is 2.41. The van der Waals surface area contributed by atoms with Crippen LogP contribution in [0.2, 0.25) is 0 Å². The summed E-state index contributed by atoms with van der Waals surface area (Å²) in [4.78, 5) is 17.9. The molecular formula is C13H24N4O. The minimum atomic E-state index is 0.0149. The lowest BCUT2D eigenvalue weighted by Crippen LogP contribution is -2.53. The molecule has 0 saturated carbocycles. The highest BCUT2D eigenvalue weighted by Gasteiger charge is 2.25. The summed E-state index contributed by atoms with van der Waals surface area (Å²) in [5.74, 6) is 0.184. The SMILES string of the molecule is CCCC(C#N)N1CCN(C(=O)CN(C)C)CC1. The van der Waals surface area contributed by atoms with Crippen LogP contribution in [0.4, 0.5) is 0 Å². The summed E-state index contributed by atoms with van der Waals surface area (Å²) in [5, 5.41) is 9.12. The van der Waals surface area contributed by atoms with E-state index >= 15 is 0 Å². The molecule has 1 aliphatic heterocycles. The van der Waals surface area contributed by atoms with Gasteiger partial charge in [0.2, 0.25) is 5.91 Å². The van der Waals surface area contributed by atoms with E-state index < -0.39 is 0 Å². The molecule has 1 amide bonds. The van der Waals surface area contributed by atoms with Crippen LogP contribution in [0.1, 0.15) is 19.8 Å². The fraction of sp³-hybridized carbons (Fsp3) is 0.846. The van der Waals surface area contributed by atoms with Gasteiger partial charge in [0, 0.05) is 26.2 Å². The molecule has 1 aliphatic rings. The first-order chi connectivity index (χ1) is 8.58. The maximum Gasteiger partial charge on any atom is 0.236 e. The molecule has 1 unspecified atom stereocenters. The van der Waals surface area contributed by atoms with Crippen LogP contribution < -0.4 is 0 Å². The van der Waals surface area contributed by atoms with Gasteiger partial charge in [0.1, 0.15) is 0 Å². The van der Waals surface area contributed by atoms with Gasteiger partial charge in [-0.05, 0) is 20.5 Å². The smallest absolute Gasteiger partial charge is 0.236 e. The molecule has 1 fully saturated rings. The normalized spacial score (nSPS) is 18.7. The second-order valence-electron chi connectivity index (χ2n) is 5.09. The number of carbonyl (C=O) groups is 1. The third-order valence-electron chi connectivity index (χ3n) is 3.27. The summed E-state index contributed by atoms with van der Waals surface area (Å²) in [7, 11) is 3.81. The van der Waals surface area contributed by atoms with E-state index in [4.69, 9.17) is 5.26 Å². The van der Waals surface area contributed by atoms with Gasteiger partial charge in [-0.3, -0.25) is 9.69 Å². The summed E-state index contributed by atoms with van der Waals surface area (Å²) in [5.41, 5.74) is 0. The highest BCUT2D eigenvalue weighted by atomic mass is 16.2. The number of carbonyl (C=O) groups excluding carboxylic acids is 1. The number of hydrogen-bond donors (Lipinski definition) is 0. The number of nitrogens with zero attached hydrogens (tertiary/aromatic N) is 4. The number of rotatable bonds is 5. The minimum absolute atomic E-state index is 0.0149. The van der Waals surface area contributed by atoms with Crippen LogP contribution in [0.3, 0.4) is 0 Å². The van der Waals surface area contributed by atoms with Crippen molar-refractivity contribution in [2.45, 2.75) is 25.8 Å². The molecule has 0 bridgehead atoms. The Morgan fingerprint density at radius 2 is 1.94 bits per heavy atom. The fourth-order valence-electron chi connectivity index (χ4n) is 2.26. The van der Waals surface area contributed by atoms with E-state index in [9.17, 15) is 4.79 Å². The predicted molar refractivity (Wildman–Crippen MR) is 71.0 cm³/mol. The summed E-state index contributed by atoms with van der Waals surface area (Å²) < 4.78 is 0. The number of hydrogen-bond acceptors (Lipinski definition) is 4. The molecular weight excluding hydrogens is 228 g/mol. The molecule has 5 heteroatoms. The molecule has 102 valence electrons. The van der Waals surface area contributed by atoms with Gasteiger partial charge in [-0.2, -0.15) is 5.26 Å². The van der Waals surface area contributed by atoms with Crippen LogP contribution in [0.5, 0.6) is 0 Å². The average Bonchev–Trinajstić information content (AvgIpc) is 2.35. The maximum atomic E-state index is 11.9. The minimum Gasteiger partial charge on any atom is -0.339 e.